The van der Waals surface area contributed by atoms with E-state index in [1.807, 2.05) is 38.1 Å². The predicted octanol–water partition coefficient (Wildman–Crippen LogP) is 3.61. The largest absolute Gasteiger partial charge is 0.414 e. The number of aryl methyl sites for hydroxylation is 1. The van der Waals surface area contributed by atoms with Crippen molar-refractivity contribution in [3.63, 3.8) is 0 Å². The zero-order chi connectivity index (χ0) is 14.5. The molecule has 0 heterocycles. The smallest absolute Gasteiger partial charge is 0.367 e. The van der Waals surface area contributed by atoms with Crippen LogP contribution in [-0.2, 0) is 4.74 Å². The van der Waals surface area contributed by atoms with Crippen LogP contribution in [0.5, 0.6) is 0 Å². The zero-order valence-corrected chi connectivity index (χ0v) is 11.4. The van der Waals surface area contributed by atoms with E-state index in [0.717, 1.165) is 18.1 Å². The molecule has 2 unspecified atom stereocenters. The summed E-state index contributed by atoms with van der Waals surface area (Å²) in [6.07, 6.45) is -6.07. The summed E-state index contributed by atoms with van der Waals surface area (Å²) in [6.45, 7) is 5.55. The lowest BCUT2D eigenvalue weighted by Crippen LogP contribution is -2.33. The predicted molar refractivity (Wildman–Crippen MR) is 69.1 cm³/mol. The molecule has 0 aliphatic heterocycles. The van der Waals surface area contributed by atoms with Gasteiger partial charge in [0, 0.05) is 0 Å². The van der Waals surface area contributed by atoms with Crippen LogP contribution >= 0.6 is 0 Å². The molecule has 0 aromatic heterocycles. The molecule has 2 nitrogen and oxygen atoms in total. The standard InChI is InChI=1S/C14H20F3NO/c1-4-18-13(9-19-11(3)14(15,16)17)12-8-6-5-7-10(12)2/h5-8,11,13,18H,4,9H2,1-3H3. The second-order valence-corrected chi connectivity index (χ2v) is 4.48. The normalized spacial score (nSPS) is 15.3. The number of rotatable bonds is 6. The molecular formula is C14H20F3NO. The zero-order valence-electron chi connectivity index (χ0n) is 11.4. The number of nitrogens with one attached hydrogen (secondary N) is 1. The van der Waals surface area contributed by atoms with Gasteiger partial charge in [0.25, 0.3) is 0 Å². The van der Waals surface area contributed by atoms with Gasteiger partial charge in [0.15, 0.2) is 6.10 Å². The number of alkyl halides is 3. The molecule has 5 heteroatoms. The Morgan fingerprint density at radius 1 is 1.26 bits per heavy atom. The van der Waals surface area contributed by atoms with Gasteiger partial charge in [-0.1, -0.05) is 31.2 Å². The maximum Gasteiger partial charge on any atom is 0.414 e. The van der Waals surface area contributed by atoms with Crippen LogP contribution in [0.3, 0.4) is 0 Å². The Balaban J connectivity index is 2.72. The van der Waals surface area contributed by atoms with Crippen molar-refractivity contribution in [1.82, 2.24) is 5.32 Å². The van der Waals surface area contributed by atoms with E-state index in [0.29, 0.717) is 6.54 Å². The summed E-state index contributed by atoms with van der Waals surface area (Å²) in [6, 6.07) is 7.40. The van der Waals surface area contributed by atoms with E-state index >= 15 is 0 Å². The summed E-state index contributed by atoms with van der Waals surface area (Å²) in [5, 5.41) is 3.15. The van der Waals surface area contributed by atoms with Gasteiger partial charge in [-0.25, -0.2) is 0 Å². The van der Waals surface area contributed by atoms with Gasteiger partial charge in [0.2, 0.25) is 0 Å². The second kappa shape index (κ2) is 6.91. The molecule has 108 valence electrons. The lowest BCUT2D eigenvalue weighted by molar-refractivity contribution is -0.215. The monoisotopic (exact) mass is 275 g/mol. The third kappa shape index (κ3) is 4.84. The average Bonchev–Trinajstić information content (AvgIpc) is 2.34. The Kier molecular flexibility index (Phi) is 5.82. The molecule has 0 aliphatic rings. The molecule has 19 heavy (non-hydrogen) atoms. The minimum atomic E-state index is -4.32. The van der Waals surface area contributed by atoms with Crippen molar-refractivity contribution in [2.45, 2.75) is 39.1 Å². The van der Waals surface area contributed by atoms with Crippen LogP contribution in [0, 0.1) is 6.92 Å². The van der Waals surface area contributed by atoms with E-state index in [1.165, 1.54) is 0 Å². The van der Waals surface area contributed by atoms with Crippen LogP contribution in [0.25, 0.3) is 0 Å². The Morgan fingerprint density at radius 3 is 2.42 bits per heavy atom. The third-order valence-electron chi connectivity index (χ3n) is 2.99. The van der Waals surface area contributed by atoms with Gasteiger partial charge in [-0.15, -0.1) is 0 Å². The Morgan fingerprint density at radius 2 is 1.89 bits per heavy atom. The van der Waals surface area contributed by atoms with Crippen LogP contribution < -0.4 is 5.32 Å². The van der Waals surface area contributed by atoms with Crippen LogP contribution in [0.1, 0.15) is 31.0 Å². The summed E-state index contributed by atoms with van der Waals surface area (Å²) in [5.74, 6) is 0. The fourth-order valence-corrected chi connectivity index (χ4v) is 1.82. The lowest BCUT2D eigenvalue weighted by Gasteiger charge is -2.23. The van der Waals surface area contributed by atoms with Gasteiger partial charge in [0.05, 0.1) is 12.6 Å². The number of benzene rings is 1. The van der Waals surface area contributed by atoms with Gasteiger partial charge in [-0.05, 0) is 31.5 Å². The molecule has 1 aromatic rings. The first-order valence-electron chi connectivity index (χ1n) is 6.33. The van der Waals surface area contributed by atoms with Crippen LogP contribution in [0.4, 0.5) is 13.2 Å². The van der Waals surface area contributed by atoms with Gasteiger partial charge < -0.3 is 10.1 Å². The van der Waals surface area contributed by atoms with Crippen molar-refractivity contribution >= 4 is 0 Å². The van der Waals surface area contributed by atoms with Crippen LogP contribution in [-0.4, -0.2) is 25.4 Å². The molecule has 0 aliphatic carbocycles. The van der Waals surface area contributed by atoms with Gasteiger partial charge in [0.1, 0.15) is 0 Å². The first-order chi connectivity index (χ1) is 8.86. The highest BCUT2D eigenvalue weighted by atomic mass is 19.4. The SMILES string of the molecule is CCNC(COC(C)C(F)(F)F)c1ccccc1C. The van der Waals surface area contributed by atoms with Gasteiger partial charge in [-0.2, -0.15) is 13.2 Å². The summed E-state index contributed by atoms with van der Waals surface area (Å²) in [5.41, 5.74) is 2.01. The third-order valence-corrected chi connectivity index (χ3v) is 2.99. The molecule has 1 rings (SSSR count). The van der Waals surface area contributed by atoms with Crippen molar-refractivity contribution in [1.29, 1.82) is 0 Å². The van der Waals surface area contributed by atoms with Gasteiger partial charge >= 0.3 is 6.18 Å². The fraction of sp³-hybridized carbons (Fsp3) is 0.571. The van der Waals surface area contributed by atoms with Crippen LogP contribution in [0.2, 0.25) is 0 Å². The molecular weight excluding hydrogens is 255 g/mol. The number of likely N-dealkylation sites (N-methyl/N-ethyl adjacent to an activating group) is 1. The highest BCUT2D eigenvalue weighted by Crippen LogP contribution is 2.24. The lowest BCUT2D eigenvalue weighted by atomic mass is 10.0. The highest BCUT2D eigenvalue weighted by Gasteiger charge is 2.37. The molecule has 2 atom stereocenters. The average molecular weight is 275 g/mol. The molecule has 0 spiro atoms. The summed E-state index contributed by atoms with van der Waals surface area (Å²) in [7, 11) is 0. The molecule has 1 N–H and O–H groups in total. The summed E-state index contributed by atoms with van der Waals surface area (Å²) >= 11 is 0. The van der Waals surface area contributed by atoms with Crippen molar-refractivity contribution in [3.05, 3.63) is 35.4 Å². The van der Waals surface area contributed by atoms with Crippen molar-refractivity contribution in [2.75, 3.05) is 13.2 Å². The molecule has 0 saturated heterocycles. The maximum atomic E-state index is 12.4. The topological polar surface area (TPSA) is 21.3 Å². The minimum Gasteiger partial charge on any atom is -0.367 e. The summed E-state index contributed by atoms with van der Waals surface area (Å²) < 4.78 is 42.2. The Hall–Kier alpha value is -1.07. The first-order valence-corrected chi connectivity index (χ1v) is 6.33. The fourth-order valence-electron chi connectivity index (χ4n) is 1.82. The van der Waals surface area contributed by atoms with E-state index < -0.39 is 12.3 Å². The number of halogens is 3. The van der Waals surface area contributed by atoms with Crippen molar-refractivity contribution in [2.24, 2.45) is 0 Å². The van der Waals surface area contributed by atoms with Crippen LogP contribution in [0.15, 0.2) is 24.3 Å². The minimum absolute atomic E-state index is 0.000625. The first kappa shape index (κ1) is 16.0. The van der Waals surface area contributed by atoms with E-state index in [9.17, 15) is 13.2 Å². The van der Waals surface area contributed by atoms with Gasteiger partial charge in [-0.3, -0.25) is 0 Å². The molecule has 0 saturated carbocycles. The Labute approximate surface area is 112 Å². The number of hydrogen-bond donors (Lipinski definition) is 1. The Bertz CT molecular complexity index is 393. The van der Waals surface area contributed by atoms with E-state index in [-0.39, 0.29) is 12.6 Å². The molecule has 0 amide bonds. The quantitative estimate of drug-likeness (QED) is 0.856. The van der Waals surface area contributed by atoms with Crippen molar-refractivity contribution in [3.8, 4) is 0 Å². The maximum absolute atomic E-state index is 12.4. The van der Waals surface area contributed by atoms with E-state index in [1.54, 1.807) is 0 Å². The molecule has 0 fully saturated rings. The molecule has 1 aromatic carbocycles. The number of hydrogen-bond acceptors (Lipinski definition) is 2. The van der Waals surface area contributed by atoms with Crippen molar-refractivity contribution < 1.29 is 17.9 Å². The molecule has 0 radical (unpaired) electrons. The van der Waals surface area contributed by atoms with E-state index in [2.05, 4.69) is 5.32 Å². The second-order valence-electron chi connectivity index (χ2n) is 4.48. The summed E-state index contributed by atoms with van der Waals surface area (Å²) in [4.78, 5) is 0. The van der Waals surface area contributed by atoms with E-state index in [4.69, 9.17) is 4.74 Å². The molecule has 0 bridgehead atoms. The highest BCUT2D eigenvalue weighted by molar-refractivity contribution is 5.28. The number of ether oxygens (including phenoxy) is 1.